The summed E-state index contributed by atoms with van der Waals surface area (Å²) in [5.41, 5.74) is 0. The first kappa shape index (κ1) is 43.4. The molecule has 0 spiro atoms. The summed E-state index contributed by atoms with van der Waals surface area (Å²) < 4.78 is 0. The molecule has 0 heterocycles. The van der Waals surface area contributed by atoms with Crippen molar-refractivity contribution in [1.29, 1.82) is 0 Å². The van der Waals surface area contributed by atoms with Crippen molar-refractivity contribution in [2.24, 2.45) is 0 Å². The molecule has 2 unspecified atom stereocenters. The van der Waals surface area contributed by atoms with Crippen molar-refractivity contribution in [3.63, 3.8) is 0 Å². The Morgan fingerprint density at radius 1 is 0.455 bits per heavy atom. The lowest BCUT2D eigenvalue weighted by Crippen LogP contribution is -2.45. The summed E-state index contributed by atoms with van der Waals surface area (Å²) >= 11 is 0. The van der Waals surface area contributed by atoms with Crippen LogP contribution in [0.3, 0.4) is 0 Å². The van der Waals surface area contributed by atoms with Gasteiger partial charge in [-0.25, -0.2) is 0 Å². The summed E-state index contributed by atoms with van der Waals surface area (Å²) in [6, 6.07) is -0.527. The van der Waals surface area contributed by atoms with Crippen LogP contribution in [0.2, 0.25) is 0 Å². The summed E-state index contributed by atoms with van der Waals surface area (Å²) in [6.07, 6.45) is 43.1. The second kappa shape index (κ2) is 36.9. The van der Waals surface area contributed by atoms with E-state index in [0.717, 1.165) is 25.7 Å². The molecular formula is C40H81NO3. The lowest BCUT2D eigenvalue weighted by Gasteiger charge is -2.22. The third kappa shape index (κ3) is 32.8. The van der Waals surface area contributed by atoms with Crippen LogP contribution in [0.1, 0.15) is 232 Å². The largest absolute Gasteiger partial charge is 0.394 e. The van der Waals surface area contributed by atoms with Crippen LogP contribution < -0.4 is 5.32 Å². The van der Waals surface area contributed by atoms with Crippen LogP contribution in [-0.2, 0) is 4.79 Å². The van der Waals surface area contributed by atoms with Gasteiger partial charge < -0.3 is 15.5 Å². The van der Waals surface area contributed by atoms with Gasteiger partial charge in [0.05, 0.1) is 18.8 Å². The first-order valence-electron chi connectivity index (χ1n) is 20.2. The Labute approximate surface area is 276 Å². The number of hydrogen-bond donors (Lipinski definition) is 3. The van der Waals surface area contributed by atoms with Crippen LogP contribution >= 0.6 is 0 Å². The fraction of sp³-hybridized carbons (Fsp3) is 0.975. The number of nitrogens with one attached hydrogen (secondary N) is 1. The average molecular weight is 624 g/mol. The highest BCUT2D eigenvalue weighted by Gasteiger charge is 2.19. The summed E-state index contributed by atoms with van der Waals surface area (Å²) in [5, 5.41) is 23.1. The minimum atomic E-state index is -0.651. The maximum Gasteiger partial charge on any atom is 0.220 e. The molecule has 4 nitrogen and oxygen atoms in total. The van der Waals surface area contributed by atoms with Crippen LogP contribution in [-0.4, -0.2) is 34.9 Å². The quantitative estimate of drug-likeness (QED) is 0.0603. The van der Waals surface area contributed by atoms with E-state index in [9.17, 15) is 15.0 Å². The zero-order chi connectivity index (χ0) is 32.2. The molecule has 0 aliphatic carbocycles. The molecule has 0 rings (SSSR count). The molecule has 0 aromatic carbocycles. The van der Waals surface area contributed by atoms with Crippen LogP contribution in [0.15, 0.2) is 0 Å². The minimum Gasteiger partial charge on any atom is -0.394 e. The Morgan fingerprint density at radius 3 is 1.02 bits per heavy atom. The van der Waals surface area contributed by atoms with Crippen LogP contribution in [0.25, 0.3) is 0 Å². The summed E-state index contributed by atoms with van der Waals surface area (Å²) in [7, 11) is 0. The number of rotatable bonds is 37. The number of carbonyl (C=O) groups excluding carboxylic acids is 1. The standard InChI is InChI=1S/C40H81NO3/c1-3-5-7-9-11-13-15-16-17-18-19-20-21-22-23-24-26-27-29-31-33-35-39(43)38(37-42)41-40(44)36-34-32-30-28-25-14-12-10-8-6-4-2/h38-39,42-43H,3-37H2,1-2H3,(H,41,44). The topological polar surface area (TPSA) is 69.6 Å². The zero-order valence-corrected chi connectivity index (χ0v) is 30.2. The Morgan fingerprint density at radius 2 is 0.727 bits per heavy atom. The molecule has 4 heteroatoms. The van der Waals surface area contributed by atoms with Crippen molar-refractivity contribution in [3.8, 4) is 0 Å². The van der Waals surface area contributed by atoms with Gasteiger partial charge >= 0.3 is 0 Å². The van der Waals surface area contributed by atoms with Crippen molar-refractivity contribution in [1.82, 2.24) is 5.32 Å². The minimum absolute atomic E-state index is 0.0298. The van der Waals surface area contributed by atoms with E-state index in [0.29, 0.717) is 12.8 Å². The molecule has 0 aliphatic heterocycles. The van der Waals surface area contributed by atoms with E-state index in [4.69, 9.17) is 0 Å². The second-order valence-electron chi connectivity index (χ2n) is 14.1. The van der Waals surface area contributed by atoms with Crippen LogP contribution in [0.5, 0.6) is 0 Å². The highest BCUT2D eigenvalue weighted by Crippen LogP contribution is 2.16. The number of unbranched alkanes of at least 4 members (excludes halogenated alkanes) is 30. The van der Waals surface area contributed by atoms with Gasteiger partial charge in [-0.1, -0.05) is 213 Å². The maximum atomic E-state index is 12.3. The van der Waals surface area contributed by atoms with Gasteiger partial charge in [-0.2, -0.15) is 0 Å². The summed E-state index contributed by atoms with van der Waals surface area (Å²) in [6.45, 7) is 4.36. The van der Waals surface area contributed by atoms with Crippen LogP contribution in [0, 0.1) is 0 Å². The molecular weight excluding hydrogens is 542 g/mol. The van der Waals surface area contributed by atoms with E-state index in [1.165, 1.54) is 180 Å². The molecule has 2 atom stereocenters. The molecule has 0 bridgehead atoms. The summed E-state index contributed by atoms with van der Waals surface area (Å²) in [5.74, 6) is -0.0298. The number of aliphatic hydroxyl groups excluding tert-OH is 2. The van der Waals surface area contributed by atoms with Crippen molar-refractivity contribution in [2.75, 3.05) is 6.61 Å². The monoisotopic (exact) mass is 624 g/mol. The number of carbonyl (C=O) groups is 1. The van der Waals surface area contributed by atoms with Gasteiger partial charge in [0, 0.05) is 6.42 Å². The number of amides is 1. The van der Waals surface area contributed by atoms with E-state index in [1.54, 1.807) is 0 Å². The van der Waals surface area contributed by atoms with Crippen LogP contribution in [0.4, 0.5) is 0 Å². The van der Waals surface area contributed by atoms with E-state index >= 15 is 0 Å². The maximum absolute atomic E-state index is 12.3. The fourth-order valence-corrected chi connectivity index (χ4v) is 6.48. The van der Waals surface area contributed by atoms with E-state index < -0.39 is 12.1 Å². The Hall–Kier alpha value is -0.610. The number of aliphatic hydroxyl groups is 2. The summed E-state index contributed by atoms with van der Waals surface area (Å²) in [4.78, 5) is 12.3. The Bertz CT molecular complexity index is 555. The molecule has 44 heavy (non-hydrogen) atoms. The lowest BCUT2D eigenvalue weighted by molar-refractivity contribution is -0.123. The molecule has 0 radical (unpaired) electrons. The van der Waals surface area contributed by atoms with E-state index in [-0.39, 0.29) is 12.5 Å². The zero-order valence-electron chi connectivity index (χ0n) is 30.2. The van der Waals surface area contributed by atoms with Gasteiger partial charge in [0.1, 0.15) is 0 Å². The molecule has 0 aromatic heterocycles. The van der Waals surface area contributed by atoms with Gasteiger partial charge in [0.25, 0.3) is 0 Å². The first-order chi connectivity index (χ1) is 21.7. The highest BCUT2D eigenvalue weighted by molar-refractivity contribution is 5.76. The predicted molar refractivity (Wildman–Crippen MR) is 193 cm³/mol. The van der Waals surface area contributed by atoms with Gasteiger partial charge in [-0.15, -0.1) is 0 Å². The smallest absolute Gasteiger partial charge is 0.220 e. The van der Waals surface area contributed by atoms with Gasteiger partial charge in [-0.05, 0) is 12.8 Å². The first-order valence-corrected chi connectivity index (χ1v) is 20.2. The molecule has 0 aliphatic rings. The normalized spacial score (nSPS) is 12.9. The Balaban J connectivity index is 3.46. The molecule has 1 amide bonds. The SMILES string of the molecule is CCCCCCCCCCCCCCCCCCCCCCCC(O)C(CO)NC(=O)CCCCCCCCCCCCC. The average Bonchev–Trinajstić information content (AvgIpc) is 3.03. The lowest BCUT2D eigenvalue weighted by atomic mass is 10.0. The molecule has 0 saturated carbocycles. The molecule has 0 fully saturated rings. The van der Waals surface area contributed by atoms with Gasteiger partial charge in [-0.3, -0.25) is 4.79 Å². The third-order valence-electron chi connectivity index (χ3n) is 9.62. The van der Waals surface area contributed by atoms with Gasteiger partial charge in [0.2, 0.25) is 5.91 Å². The Kier molecular flexibility index (Phi) is 36.3. The predicted octanol–water partition coefficient (Wildman–Crippen LogP) is 12.1. The second-order valence-corrected chi connectivity index (χ2v) is 14.1. The highest BCUT2D eigenvalue weighted by atomic mass is 16.3. The fourth-order valence-electron chi connectivity index (χ4n) is 6.48. The van der Waals surface area contributed by atoms with E-state index in [1.807, 2.05) is 0 Å². The molecule has 0 aromatic rings. The van der Waals surface area contributed by atoms with Crippen molar-refractivity contribution < 1.29 is 15.0 Å². The number of hydrogen-bond acceptors (Lipinski definition) is 3. The molecule has 3 N–H and O–H groups in total. The van der Waals surface area contributed by atoms with Crippen molar-refractivity contribution in [2.45, 2.75) is 244 Å². The van der Waals surface area contributed by atoms with Crippen molar-refractivity contribution in [3.05, 3.63) is 0 Å². The molecule has 264 valence electrons. The molecule has 0 saturated heterocycles. The third-order valence-corrected chi connectivity index (χ3v) is 9.62. The van der Waals surface area contributed by atoms with Crippen molar-refractivity contribution >= 4 is 5.91 Å². The van der Waals surface area contributed by atoms with Gasteiger partial charge in [0.15, 0.2) is 0 Å². The van der Waals surface area contributed by atoms with E-state index in [2.05, 4.69) is 19.2 Å².